The highest BCUT2D eigenvalue weighted by atomic mass is 16.5. The van der Waals surface area contributed by atoms with E-state index in [1.54, 1.807) is 12.4 Å². The lowest BCUT2D eigenvalue weighted by Crippen LogP contribution is -2.49. The predicted octanol–water partition coefficient (Wildman–Crippen LogP) is 1.90. The summed E-state index contributed by atoms with van der Waals surface area (Å²) in [6, 6.07) is 3.94. The number of nitrogens with one attached hydrogen (secondary N) is 1. The molecular weight excluding hydrogens is 304 g/mol. The average molecular weight is 332 g/mol. The minimum absolute atomic E-state index is 0.000111. The molecule has 132 valence electrons. The fraction of sp³-hybridized carbons (Fsp3) is 0.667. The van der Waals surface area contributed by atoms with E-state index >= 15 is 0 Å². The molecule has 0 spiro atoms. The van der Waals surface area contributed by atoms with Crippen molar-refractivity contribution in [3.8, 4) is 0 Å². The Hall–Kier alpha value is -1.66. The first kappa shape index (κ1) is 17.2. The van der Waals surface area contributed by atoms with Gasteiger partial charge in [-0.3, -0.25) is 9.88 Å². The van der Waals surface area contributed by atoms with E-state index in [1.807, 2.05) is 24.0 Å². The lowest BCUT2D eigenvalue weighted by molar-refractivity contribution is 0.0248. The van der Waals surface area contributed by atoms with Crippen LogP contribution in [-0.4, -0.2) is 66.8 Å². The summed E-state index contributed by atoms with van der Waals surface area (Å²) in [5, 5.41) is 3.12. The van der Waals surface area contributed by atoms with Gasteiger partial charge in [0.1, 0.15) is 0 Å². The number of ether oxygens (including phenoxy) is 1. The number of carbonyl (C=O) groups is 1. The monoisotopic (exact) mass is 332 g/mol. The van der Waals surface area contributed by atoms with Crippen LogP contribution >= 0.6 is 0 Å². The van der Waals surface area contributed by atoms with Gasteiger partial charge in [0, 0.05) is 45.1 Å². The van der Waals surface area contributed by atoms with Gasteiger partial charge in [-0.15, -0.1) is 0 Å². The van der Waals surface area contributed by atoms with Gasteiger partial charge < -0.3 is 15.0 Å². The molecule has 0 saturated carbocycles. The largest absolute Gasteiger partial charge is 0.379 e. The number of amides is 2. The van der Waals surface area contributed by atoms with E-state index in [2.05, 4.69) is 15.2 Å². The molecule has 0 aromatic carbocycles. The summed E-state index contributed by atoms with van der Waals surface area (Å²) >= 11 is 0. The van der Waals surface area contributed by atoms with Crippen molar-refractivity contribution in [1.29, 1.82) is 0 Å². The molecule has 2 atom stereocenters. The van der Waals surface area contributed by atoms with Crippen molar-refractivity contribution < 1.29 is 9.53 Å². The lowest BCUT2D eigenvalue weighted by atomic mass is 9.97. The standard InChI is InChI=1S/C18H28N4O2/c1-15(17-4-6-19-7-5-17)20-18(23)22-8-2-3-16(14-22)13-21-9-11-24-12-10-21/h4-7,15-16H,2-3,8-14H2,1H3,(H,20,23)/t15-,16+/m1/s1. The molecule has 0 aliphatic carbocycles. The van der Waals surface area contributed by atoms with Crippen LogP contribution in [-0.2, 0) is 4.74 Å². The lowest BCUT2D eigenvalue weighted by Gasteiger charge is -2.37. The summed E-state index contributed by atoms with van der Waals surface area (Å²) in [6.45, 7) is 8.50. The summed E-state index contributed by atoms with van der Waals surface area (Å²) in [5.41, 5.74) is 1.08. The van der Waals surface area contributed by atoms with Crippen LogP contribution in [0.25, 0.3) is 0 Å². The smallest absolute Gasteiger partial charge is 0.317 e. The molecule has 6 heteroatoms. The van der Waals surface area contributed by atoms with Crippen LogP contribution in [0.5, 0.6) is 0 Å². The van der Waals surface area contributed by atoms with Crippen LogP contribution in [0.3, 0.4) is 0 Å². The molecule has 2 aliphatic heterocycles. The molecule has 0 radical (unpaired) electrons. The van der Waals surface area contributed by atoms with Gasteiger partial charge in [0.05, 0.1) is 19.3 Å². The molecule has 2 aliphatic rings. The number of morpholine rings is 1. The minimum atomic E-state index is 0.000111. The van der Waals surface area contributed by atoms with Crippen LogP contribution in [0.15, 0.2) is 24.5 Å². The Kier molecular flexibility index (Phi) is 6.04. The van der Waals surface area contributed by atoms with E-state index in [0.29, 0.717) is 5.92 Å². The maximum absolute atomic E-state index is 12.6. The first-order valence-electron chi connectivity index (χ1n) is 8.98. The number of likely N-dealkylation sites (tertiary alicyclic amines) is 1. The average Bonchev–Trinajstić information content (AvgIpc) is 2.63. The van der Waals surface area contributed by atoms with Crippen molar-refractivity contribution in [2.75, 3.05) is 45.9 Å². The summed E-state index contributed by atoms with van der Waals surface area (Å²) in [5.74, 6) is 0.568. The molecule has 3 heterocycles. The van der Waals surface area contributed by atoms with Gasteiger partial charge in [0.25, 0.3) is 0 Å². The Morgan fingerprint density at radius 2 is 2.08 bits per heavy atom. The normalized spacial score (nSPS) is 23.7. The van der Waals surface area contributed by atoms with Crippen LogP contribution in [0.4, 0.5) is 4.79 Å². The SMILES string of the molecule is C[C@@H](NC(=O)N1CCC[C@@H](CN2CCOCC2)C1)c1ccncc1. The summed E-state index contributed by atoms with van der Waals surface area (Å²) in [6.07, 6.45) is 5.82. The van der Waals surface area contributed by atoms with Gasteiger partial charge in [0.2, 0.25) is 0 Å². The van der Waals surface area contributed by atoms with Crippen LogP contribution in [0.2, 0.25) is 0 Å². The molecule has 0 unspecified atom stereocenters. The third-order valence-corrected chi connectivity index (χ3v) is 4.97. The van der Waals surface area contributed by atoms with E-state index in [4.69, 9.17) is 4.74 Å². The molecule has 3 rings (SSSR count). The number of hydrogen-bond donors (Lipinski definition) is 1. The van der Waals surface area contributed by atoms with Gasteiger partial charge in [-0.1, -0.05) is 0 Å². The highest BCUT2D eigenvalue weighted by Gasteiger charge is 2.26. The number of pyridine rings is 1. The Balaban J connectivity index is 1.49. The number of carbonyl (C=O) groups excluding carboxylic acids is 1. The molecule has 0 bridgehead atoms. The Morgan fingerprint density at radius 3 is 2.83 bits per heavy atom. The number of hydrogen-bond acceptors (Lipinski definition) is 4. The number of rotatable bonds is 4. The number of aromatic nitrogens is 1. The first-order chi connectivity index (χ1) is 11.7. The molecule has 2 amide bonds. The molecule has 1 N–H and O–H groups in total. The molecule has 1 aromatic heterocycles. The number of piperidine rings is 1. The van der Waals surface area contributed by atoms with Gasteiger partial charge in [0.15, 0.2) is 0 Å². The second-order valence-corrected chi connectivity index (χ2v) is 6.82. The predicted molar refractivity (Wildman–Crippen MR) is 92.7 cm³/mol. The van der Waals surface area contributed by atoms with E-state index in [9.17, 15) is 4.79 Å². The molecular formula is C18H28N4O2. The fourth-order valence-electron chi connectivity index (χ4n) is 3.56. The second-order valence-electron chi connectivity index (χ2n) is 6.82. The molecule has 2 fully saturated rings. The maximum atomic E-state index is 12.6. The third-order valence-electron chi connectivity index (χ3n) is 4.97. The highest BCUT2D eigenvalue weighted by molar-refractivity contribution is 5.74. The van der Waals surface area contributed by atoms with Gasteiger partial charge in [-0.05, 0) is 43.4 Å². The van der Waals surface area contributed by atoms with Crippen molar-refractivity contribution in [2.45, 2.75) is 25.8 Å². The zero-order valence-corrected chi connectivity index (χ0v) is 14.5. The minimum Gasteiger partial charge on any atom is -0.379 e. The molecule has 24 heavy (non-hydrogen) atoms. The van der Waals surface area contributed by atoms with Crippen LogP contribution in [0, 0.1) is 5.92 Å². The Labute approximate surface area is 144 Å². The van der Waals surface area contributed by atoms with Gasteiger partial charge in [-0.2, -0.15) is 0 Å². The van der Waals surface area contributed by atoms with E-state index in [1.165, 1.54) is 6.42 Å². The van der Waals surface area contributed by atoms with Gasteiger partial charge in [-0.25, -0.2) is 4.79 Å². The van der Waals surface area contributed by atoms with E-state index in [-0.39, 0.29) is 12.1 Å². The van der Waals surface area contributed by atoms with E-state index in [0.717, 1.165) is 57.9 Å². The zero-order chi connectivity index (χ0) is 16.8. The van der Waals surface area contributed by atoms with Crippen molar-refractivity contribution in [3.05, 3.63) is 30.1 Å². The van der Waals surface area contributed by atoms with Crippen molar-refractivity contribution in [3.63, 3.8) is 0 Å². The Bertz CT molecular complexity index is 519. The highest BCUT2D eigenvalue weighted by Crippen LogP contribution is 2.19. The fourth-order valence-corrected chi connectivity index (χ4v) is 3.56. The van der Waals surface area contributed by atoms with Gasteiger partial charge >= 0.3 is 6.03 Å². The third kappa shape index (κ3) is 4.68. The maximum Gasteiger partial charge on any atom is 0.317 e. The second kappa shape index (κ2) is 8.44. The summed E-state index contributed by atoms with van der Waals surface area (Å²) in [7, 11) is 0. The molecule has 6 nitrogen and oxygen atoms in total. The number of urea groups is 1. The van der Waals surface area contributed by atoms with Crippen LogP contribution in [0.1, 0.15) is 31.4 Å². The molecule has 2 saturated heterocycles. The van der Waals surface area contributed by atoms with Crippen molar-refractivity contribution >= 4 is 6.03 Å². The topological polar surface area (TPSA) is 57.7 Å². The summed E-state index contributed by atoms with van der Waals surface area (Å²) < 4.78 is 5.41. The van der Waals surface area contributed by atoms with Crippen molar-refractivity contribution in [1.82, 2.24) is 20.1 Å². The van der Waals surface area contributed by atoms with Crippen molar-refractivity contribution in [2.24, 2.45) is 5.92 Å². The molecule has 1 aromatic rings. The zero-order valence-electron chi connectivity index (χ0n) is 14.5. The Morgan fingerprint density at radius 1 is 1.33 bits per heavy atom. The van der Waals surface area contributed by atoms with E-state index < -0.39 is 0 Å². The quantitative estimate of drug-likeness (QED) is 0.915. The first-order valence-corrected chi connectivity index (χ1v) is 8.98. The van der Waals surface area contributed by atoms with Crippen LogP contribution < -0.4 is 5.32 Å². The summed E-state index contributed by atoms with van der Waals surface area (Å²) in [4.78, 5) is 21.1. The number of nitrogens with zero attached hydrogens (tertiary/aromatic N) is 3.